The standard InChI is InChI=1S/C21H18N4O4S/c1-13-6-3-4-9-17(13)24-20(27)18(30-21(24)16(12-22)19(26)23-2)11-14-7-5-8-15(10-14)25(28)29/h3-10,18H,11H2,1-2H3,(H,23,26)/b21-16-/t18-/m1/s1. The minimum atomic E-state index is -0.630. The molecule has 1 N–H and O–H groups in total. The Morgan fingerprint density at radius 2 is 2.03 bits per heavy atom. The molecule has 3 rings (SSSR count). The van der Waals surface area contributed by atoms with E-state index in [4.69, 9.17) is 0 Å². The van der Waals surface area contributed by atoms with Crippen LogP contribution >= 0.6 is 11.8 Å². The number of nitrogens with zero attached hydrogens (tertiary/aromatic N) is 3. The Bertz CT molecular complexity index is 1110. The molecule has 0 aromatic heterocycles. The molecule has 0 bridgehead atoms. The van der Waals surface area contributed by atoms with E-state index in [1.165, 1.54) is 24.1 Å². The second-order valence-electron chi connectivity index (χ2n) is 6.57. The molecule has 1 aliphatic rings. The predicted molar refractivity (Wildman–Crippen MR) is 114 cm³/mol. The highest BCUT2D eigenvalue weighted by molar-refractivity contribution is 8.05. The lowest BCUT2D eigenvalue weighted by molar-refractivity contribution is -0.384. The molecule has 0 aliphatic carbocycles. The Morgan fingerprint density at radius 3 is 2.67 bits per heavy atom. The van der Waals surface area contributed by atoms with Gasteiger partial charge in [0.15, 0.2) is 0 Å². The molecule has 0 saturated carbocycles. The van der Waals surface area contributed by atoms with Gasteiger partial charge in [-0.25, -0.2) is 0 Å². The van der Waals surface area contributed by atoms with Crippen molar-refractivity contribution in [1.29, 1.82) is 5.26 Å². The lowest BCUT2D eigenvalue weighted by Crippen LogP contribution is -2.31. The molecule has 8 nitrogen and oxygen atoms in total. The highest BCUT2D eigenvalue weighted by Gasteiger charge is 2.41. The van der Waals surface area contributed by atoms with Gasteiger partial charge in [0, 0.05) is 19.2 Å². The van der Waals surface area contributed by atoms with Crippen LogP contribution in [0.15, 0.2) is 59.1 Å². The number of carbonyl (C=O) groups is 2. The number of para-hydroxylation sites is 1. The molecular formula is C21H18N4O4S. The Kier molecular flexibility index (Phi) is 6.18. The van der Waals surface area contributed by atoms with E-state index in [0.717, 1.165) is 17.3 Å². The molecule has 1 fully saturated rings. The van der Waals surface area contributed by atoms with Crippen molar-refractivity contribution >= 4 is 35.0 Å². The van der Waals surface area contributed by atoms with Gasteiger partial charge in [-0.15, -0.1) is 0 Å². The second-order valence-corrected chi connectivity index (χ2v) is 7.76. The van der Waals surface area contributed by atoms with Crippen LogP contribution in [0.25, 0.3) is 0 Å². The van der Waals surface area contributed by atoms with Crippen LogP contribution in [0.5, 0.6) is 0 Å². The van der Waals surface area contributed by atoms with E-state index in [-0.39, 0.29) is 28.6 Å². The van der Waals surface area contributed by atoms with Crippen molar-refractivity contribution < 1.29 is 14.5 Å². The largest absolute Gasteiger partial charge is 0.354 e. The normalized spacial score (nSPS) is 17.4. The van der Waals surface area contributed by atoms with Crippen LogP contribution in [0.2, 0.25) is 0 Å². The van der Waals surface area contributed by atoms with E-state index < -0.39 is 16.1 Å². The maximum absolute atomic E-state index is 13.3. The average Bonchev–Trinajstić information content (AvgIpc) is 3.04. The van der Waals surface area contributed by atoms with Gasteiger partial charge in [-0.2, -0.15) is 5.26 Å². The summed E-state index contributed by atoms with van der Waals surface area (Å²) in [6.45, 7) is 1.84. The topological polar surface area (TPSA) is 116 Å². The fourth-order valence-electron chi connectivity index (χ4n) is 3.16. The van der Waals surface area contributed by atoms with Crippen molar-refractivity contribution in [2.75, 3.05) is 11.9 Å². The number of nitro groups is 1. The molecular weight excluding hydrogens is 404 g/mol. The average molecular weight is 422 g/mol. The van der Waals surface area contributed by atoms with Crippen molar-refractivity contribution in [3.8, 4) is 6.07 Å². The van der Waals surface area contributed by atoms with Crippen LogP contribution in [0.3, 0.4) is 0 Å². The van der Waals surface area contributed by atoms with Crippen molar-refractivity contribution in [2.24, 2.45) is 0 Å². The van der Waals surface area contributed by atoms with Gasteiger partial charge in [-0.1, -0.05) is 42.1 Å². The van der Waals surface area contributed by atoms with Crippen molar-refractivity contribution in [2.45, 2.75) is 18.6 Å². The fourth-order valence-corrected chi connectivity index (χ4v) is 4.46. The number of aryl methyl sites for hydroxylation is 1. The molecule has 1 aliphatic heterocycles. The SMILES string of the molecule is CNC(=O)/C(C#N)=C1\S[C@H](Cc2cccc([N+](=O)[O-])c2)C(=O)N1c1ccccc1C. The lowest BCUT2D eigenvalue weighted by atomic mass is 10.1. The summed E-state index contributed by atoms with van der Waals surface area (Å²) in [7, 11) is 1.42. The number of non-ortho nitro benzene ring substituents is 1. The number of nitriles is 1. The van der Waals surface area contributed by atoms with E-state index in [9.17, 15) is 25.0 Å². The molecule has 2 aromatic carbocycles. The van der Waals surface area contributed by atoms with Crippen LogP contribution in [0.4, 0.5) is 11.4 Å². The molecule has 2 amide bonds. The van der Waals surface area contributed by atoms with Gasteiger partial charge in [-0.05, 0) is 30.5 Å². The number of nitro benzene ring substituents is 1. The van der Waals surface area contributed by atoms with E-state index >= 15 is 0 Å². The van der Waals surface area contributed by atoms with E-state index in [0.29, 0.717) is 11.3 Å². The van der Waals surface area contributed by atoms with E-state index in [2.05, 4.69) is 5.32 Å². The number of benzene rings is 2. The minimum absolute atomic E-state index is 0.0578. The molecule has 1 heterocycles. The quantitative estimate of drug-likeness (QED) is 0.343. The molecule has 30 heavy (non-hydrogen) atoms. The highest BCUT2D eigenvalue weighted by Crippen LogP contribution is 2.42. The maximum atomic E-state index is 13.3. The fraction of sp³-hybridized carbons (Fsp3) is 0.190. The van der Waals surface area contributed by atoms with E-state index in [1.807, 2.05) is 25.1 Å². The predicted octanol–water partition coefficient (Wildman–Crippen LogP) is 3.08. The van der Waals surface area contributed by atoms with Crippen molar-refractivity contribution in [1.82, 2.24) is 5.32 Å². The zero-order chi connectivity index (χ0) is 21.8. The first kappa shape index (κ1) is 21.1. The zero-order valence-corrected chi connectivity index (χ0v) is 17.1. The number of thioether (sulfide) groups is 1. The van der Waals surface area contributed by atoms with Gasteiger partial charge in [0.25, 0.3) is 11.6 Å². The summed E-state index contributed by atoms with van der Waals surface area (Å²) in [6.07, 6.45) is 0.226. The van der Waals surface area contributed by atoms with Crippen LogP contribution in [0.1, 0.15) is 11.1 Å². The van der Waals surface area contributed by atoms with Gasteiger partial charge >= 0.3 is 0 Å². The summed E-state index contributed by atoms with van der Waals surface area (Å²) < 4.78 is 0. The van der Waals surface area contributed by atoms with Gasteiger partial charge in [0.05, 0.1) is 15.9 Å². The Morgan fingerprint density at radius 1 is 1.30 bits per heavy atom. The first-order valence-corrected chi connectivity index (χ1v) is 9.91. The Balaban J connectivity index is 2.06. The monoisotopic (exact) mass is 422 g/mol. The van der Waals surface area contributed by atoms with Crippen molar-refractivity contribution in [3.63, 3.8) is 0 Å². The molecule has 1 atom stereocenters. The first-order chi connectivity index (χ1) is 14.4. The molecule has 0 radical (unpaired) electrons. The first-order valence-electron chi connectivity index (χ1n) is 9.03. The number of anilines is 1. The van der Waals surface area contributed by atoms with Gasteiger partial charge < -0.3 is 5.32 Å². The van der Waals surface area contributed by atoms with Crippen LogP contribution < -0.4 is 10.2 Å². The maximum Gasteiger partial charge on any atom is 0.269 e. The Labute approximate surface area is 177 Å². The molecule has 0 spiro atoms. The third kappa shape index (κ3) is 4.04. The molecule has 9 heteroatoms. The Hall–Kier alpha value is -3.64. The van der Waals surface area contributed by atoms with Crippen LogP contribution in [-0.2, 0) is 16.0 Å². The second kappa shape index (κ2) is 8.80. The molecule has 1 saturated heterocycles. The van der Waals surface area contributed by atoms with Crippen LogP contribution in [0, 0.1) is 28.4 Å². The smallest absolute Gasteiger partial charge is 0.269 e. The molecule has 0 unspecified atom stereocenters. The summed E-state index contributed by atoms with van der Waals surface area (Å²) in [6, 6.07) is 15.2. The lowest BCUT2D eigenvalue weighted by Gasteiger charge is -2.20. The third-order valence-electron chi connectivity index (χ3n) is 4.63. The zero-order valence-electron chi connectivity index (χ0n) is 16.3. The van der Waals surface area contributed by atoms with Gasteiger partial charge in [-0.3, -0.25) is 24.6 Å². The number of hydrogen-bond acceptors (Lipinski definition) is 6. The highest BCUT2D eigenvalue weighted by atomic mass is 32.2. The number of carbonyl (C=O) groups excluding carboxylic acids is 2. The van der Waals surface area contributed by atoms with Gasteiger partial charge in [0.1, 0.15) is 16.7 Å². The number of likely N-dealkylation sites (N-methyl/N-ethyl adjacent to an activating group) is 1. The molecule has 2 aromatic rings. The number of nitrogens with one attached hydrogen (secondary N) is 1. The molecule has 152 valence electrons. The van der Waals surface area contributed by atoms with Gasteiger partial charge in [0.2, 0.25) is 5.91 Å². The summed E-state index contributed by atoms with van der Waals surface area (Å²) in [5, 5.41) is 22.7. The van der Waals surface area contributed by atoms with E-state index in [1.54, 1.807) is 24.3 Å². The third-order valence-corrected chi connectivity index (χ3v) is 5.89. The minimum Gasteiger partial charge on any atom is -0.354 e. The van der Waals surface area contributed by atoms with Crippen molar-refractivity contribution in [3.05, 3.63) is 80.4 Å². The summed E-state index contributed by atoms with van der Waals surface area (Å²) in [5.41, 5.74) is 1.81. The summed E-state index contributed by atoms with van der Waals surface area (Å²) in [5.74, 6) is -0.866. The summed E-state index contributed by atoms with van der Waals surface area (Å²) in [4.78, 5) is 37.5. The number of rotatable bonds is 5. The number of amides is 2. The summed E-state index contributed by atoms with van der Waals surface area (Å²) >= 11 is 1.12. The van der Waals surface area contributed by atoms with Crippen LogP contribution in [-0.4, -0.2) is 29.0 Å². The number of hydrogen-bond donors (Lipinski definition) is 1.